The topological polar surface area (TPSA) is 35.9 Å². The van der Waals surface area contributed by atoms with Gasteiger partial charge >= 0.3 is 0 Å². The van der Waals surface area contributed by atoms with Crippen LogP contribution >= 0.6 is 0 Å². The second kappa shape index (κ2) is 15.5. The summed E-state index contributed by atoms with van der Waals surface area (Å²) in [4.78, 5) is 4.84. The highest BCUT2D eigenvalue weighted by atomic mass is 16.5. The molecule has 0 unspecified atom stereocenters. The molecule has 0 N–H and O–H groups in total. The highest BCUT2D eigenvalue weighted by molar-refractivity contribution is 6.09. The predicted molar refractivity (Wildman–Crippen MR) is 257 cm³/mol. The zero-order valence-electron chi connectivity index (χ0n) is 43.7. The lowest BCUT2D eigenvalue weighted by atomic mass is 9.88. The van der Waals surface area contributed by atoms with Gasteiger partial charge in [0.1, 0.15) is 17.3 Å². The Bertz CT molecular complexity index is 3980. The van der Waals surface area contributed by atoms with Crippen LogP contribution in [-0.2, 0) is 5.41 Å². The number of aromatic nitrogens is 4. The molecule has 0 amide bonds. The number of benzene rings is 8. The summed E-state index contributed by atoms with van der Waals surface area (Å²) in [6.07, 6.45) is 5.41. The molecule has 0 aliphatic heterocycles. The van der Waals surface area contributed by atoms with Crippen molar-refractivity contribution in [2.45, 2.75) is 26.2 Å². The van der Waals surface area contributed by atoms with E-state index >= 15 is 0 Å². The number of nitrogens with zero attached hydrogens (tertiary/aromatic N) is 4. The Kier molecular flexibility index (Phi) is 7.19. The van der Waals surface area contributed by atoms with Crippen LogP contribution in [0.5, 0.6) is 11.5 Å². The summed E-state index contributed by atoms with van der Waals surface area (Å²) in [6.45, 7) is 6.56. The maximum absolute atomic E-state index is 9.13. The lowest BCUT2D eigenvalue weighted by molar-refractivity contribution is -0.571. The zero-order chi connectivity index (χ0) is 50.3. The molecule has 0 fully saturated rings. The third kappa shape index (κ3) is 6.94. The van der Waals surface area contributed by atoms with E-state index in [0.717, 1.165) is 44.3 Å². The molecule has 3 heterocycles. The number of imidazole rings is 1. The second-order valence-corrected chi connectivity index (χ2v) is 16.4. The molecule has 63 heavy (non-hydrogen) atoms. The largest absolute Gasteiger partial charge is 0.458 e. The molecule has 3 aromatic heterocycles. The third-order valence-electron chi connectivity index (χ3n) is 11.4. The van der Waals surface area contributed by atoms with Gasteiger partial charge in [-0.05, 0) is 99.0 Å². The second-order valence-electron chi connectivity index (χ2n) is 16.4. The normalized spacial score (nSPS) is 13.7. The zero-order valence-corrected chi connectivity index (χ0v) is 34.7. The molecule has 0 aliphatic carbocycles. The maximum atomic E-state index is 9.13. The fourth-order valence-electron chi connectivity index (χ4n) is 8.38. The van der Waals surface area contributed by atoms with Crippen molar-refractivity contribution in [3.8, 4) is 62.1 Å². The molecule has 0 atom stereocenters. The van der Waals surface area contributed by atoms with Crippen molar-refractivity contribution >= 4 is 32.8 Å². The van der Waals surface area contributed by atoms with Gasteiger partial charge in [0.2, 0.25) is 0 Å². The first-order valence-electron chi connectivity index (χ1n) is 25.2. The summed E-state index contributed by atoms with van der Waals surface area (Å²) in [7, 11) is 0. The minimum atomic E-state index is -0.542. The summed E-state index contributed by atoms with van der Waals surface area (Å²) in [5.74, 6) is 1.94. The Morgan fingerprint density at radius 3 is 2.13 bits per heavy atom. The van der Waals surface area contributed by atoms with Crippen LogP contribution in [0.1, 0.15) is 38.7 Å². The summed E-state index contributed by atoms with van der Waals surface area (Å²) in [5.41, 5.74) is 7.66. The average molecular weight is 822 g/mol. The van der Waals surface area contributed by atoms with E-state index < -0.39 is 42.3 Å². The van der Waals surface area contributed by atoms with Crippen LogP contribution in [0.25, 0.3) is 83.4 Å². The lowest BCUT2D eigenvalue weighted by Crippen LogP contribution is -2.31. The molecule has 0 saturated carbocycles. The Labute approximate surface area is 380 Å². The molecule has 302 valence electrons. The van der Waals surface area contributed by atoms with Gasteiger partial charge in [0.05, 0.1) is 45.8 Å². The molecule has 0 spiro atoms. The van der Waals surface area contributed by atoms with E-state index in [1.165, 1.54) is 6.07 Å². The molecule has 0 saturated heterocycles. The van der Waals surface area contributed by atoms with E-state index in [1.807, 2.05) is 108 Å². The highest BCUT2D eigenvalue weighted by Gasteiger charge is 2.22. The SMILES string of the molecule is [2H]c1cc(-c2cccc(-c3c([2H])c([2H])c([2H])c([2H])c3[2H])c2-[n+]2[c-]n(-c3cccc(Oc4ccc5c6ccccc6n(-c6cc(C(C)(C)C)ccn6)c5c4)c3)c3ccc(-c4ccccc4)cc32)c([2H])c([2H])c1[2H]. The molecule has 11 aromatic rings. The molecule has 11 rings (SSSR count). The van der Waals surface area contributed by atoms with Crippen LogP contribution < -0.4 is 9.30 Å². The van der Waals surface area contributed by atoms with Crippen LogP contribution in [0.4, 0.5) is 0 Å². The standard InChI is InChI=1S/C58H44N4O/c1-58(2,3)44-33-34-59-56(36-44)62-52-28-14-13-25-50(52)51-31-30-47(38-54(51)62)63-46-24-15-23-45(37-46)60-39-61(55-35-43(29-32-53(55)60)40-17-7-4-8-18-40)57-48(41-19-9-5-10-20-41)26-16-27-49(57)42-21-11-6-12-22-42/h4-38H,1-3H3/i5D,6D,9D,10D,11D,12D,19D,20D,21D. The first-order valence-corrected chi connectivity index (χ1v) is 20.7. The molecular formula is C58H44N4O. The predicted octanol–water partition coefficient (Wildman–Crippen LogP) is 14.3. The average Bonchev–Trinajstić information content (AvgIpc) is 3.93. The van der Waals surface area contributed by atoms with Crippen LogP contribution in [0.2, 0.25) is 0 Å². The van der Waals surface area contributed by atoms with Gasteiger partial charge in [-0.15, -0.1) is 0 Å². The monoisotopic (exact) mass is 821 g/mol. The van der Waals surface area contributed by atoms with Crippen molar-refractivity contribution < 1.29 is 21.6 Å². The summed E-state index contributed by atoms with van der Waals surface area (Å²) in [6, 6.07) is 44.4. The minimum Gasteiger partial charge on any atom is -0.458 e. The van der Waals surface area contributed by atoms with E-state index in [4.69, 9.17) is 22.1 Å². The van der Waals surface area contributed by atoms with Crippen LogP contribution in [-0.4, -0.2) is 14.1 Å². The molecule has 5 heteroatoms. The number of ether oxygens (including phenoxy) is 1. The quantitative estimate of drug-likeness (QED) is 0.113. The van der Waals surface area contributed by atoms with Gasteiger partial charge in [-0.3, -0.25) is 13.7 Å². The van der Waals surface area contributed by atoms with Crippen molar-refractivity contribution in [3.05, 3.63) is 224 Å². The number of fused-ring (bicyclic) bond motifs is 4. The number of hydrogen-bond donors (Lipinski definition) is 0. The van der Waals surface area contributed by atoms with Crippen molar-refractivity contribution in [1.82, 2.24) is 14.1 Å². The van der Waals surface area contributed by atoms with Gasteiger partial charge in [-0.2, -0.15) is 0 Å². The van der Waals surface area contributed by atoms with Crippen molar-refractivity contribution in [3.63, 3.8) is 0 Å². The molecule has 0 radical (unpaired) electrons. The highest BCUT2D eigenvalue weighted by Crippen LogP contribution is 2.38. The summed E-state index contributed by atoms with van der Waals surface area (Å²) >= 11 is 0. The first-order chi connectivity index (χ1) is 34.6. The fraction of sp³-hybridized carbons (Fsp3) is 0.0690. The van der Waals surface area contributed by atoms with Crippen LogP contribution in [0.15, 0.2) is 212 Å². The van der Waals surface area contributed by atoms with Gasteiger partial charge in [0.25, 0.3) is 6.33 Å². The first kappa shape index (κ1) is 29.3. The van der Waals surface area contributed by atoms with Gasteiger partial charge in [-0.25, -0.2) is 4.98 Å². The lowest BCUT2D eigenvalue weighted by Gasteiger charge is -2.20. The third-order valence-corrected chi connectivity index (χ3v) is 11.4. The van der Waals surface area contributed by atoms with Gasteiger partial charge in [0, 0.05) is 23.0 Å². The summed E-state index contributed by atoms with van der Waals surface area (Å²) in [5, 5.41) is 2.14. The van der Waals surface area contributed by atoms with E-state index in [2.05, 4.69) is 62.0 Å². The van der Waals surface area contributed by atoms with Crippen LogP contribution in [0, 0.1) is 6.33 Å². The summed E-state index contributed by atoms with van der Waals surface area (Å²) < 4.78 is 91.3. The molecule has 8 aromatic carbocycles. The van der Waals surface area contributed by atoms with Crippen molar-refractivity contribution in [2.24, 2.45) is 0 Å². The van der Waals surface area contributed by atoms with Crippen molar-refractivity contribution in [2.75, 3.05) is 0 Å². The van der Waals surface area contributed by atoms with E-state index in [0.29, 0.717) is 33.8 Å². The number of pyridine rings is 1. The Morgan fingerprint density at radius 2 is 1.29 bits per heavy atom. The molecule has 0 aliphatic rings. The van der Waals surface area contributed by atoms with Gasteiger partial charge in [0.15, 0.2) is 0 Å². The Hall–Kier alpha value is -8.02. The molecular weight excluding hydrogens is 769 g/mol. The Morgan fingerprint density at radius 1 is 0.556 bits per heavy atom. The van der Waals surface area contributed by atoms with E-state index in [1.54, 1.807) is 22.8 Å². The smallest absolute Gasteiger partial charge is 0.269 e. The van der Waals surface area contributed by atoms with E-state index in [-0.39, 0.29) is 39.9 Å². The van der Waals surface area contributed by atoms with Gasteiger partial charge in [-0.1, -0.05) is 166 Å². The van der Waals surface area contributed by atoms with Gasteiger partial charge < -0.3 is 4.74 Å². The van der Waals surface area contributed by atoms with Crippen molar-refractivity contribution in [1.29, 1.82) is 0 Å². The van der Waals surface area contributed by atoms with E-state index in [9.17, 15) is 0 Å². The van der Waals surface area contributed by atoms with Crippen LogP contribution in [0.3, 0.4) is 0 Å². The fourth-order valence-corrected chi connectivity index (χ4v) is 8.38. The minimum absolute atomic E-state index is 0.0798. The maximum Gasteiger partial charge on any atom is 0.269 e. The Balaban J connectivity index is 1.12. The molecule has 5 nitrogen and oxygen atoms in total. The molecule has 0 bridgehead atoms. The number of rotatable bonds is 8. The number of para-hydroxylation sites is 2. The number of hydrogen-bond acceptors (Lipinski definition) is 2.